The van der Waals surface area contributed by atoms with Gasteiger partial charge in [-0.1, -0.05) is 24.3 Å². The van der Waals surface area contributed by atoms with Crippen LogP contribution in [0.25, 0.3) is 11.3 Å². The van der Waals surface area contributed by atoms with Gasteiger partial charge in [0, 0.05) is 11.1 Å². The molecule has 4 N–H and O–H groups in total. The van der Waals surface area contributed by atoms with E-state index >= 15 is 0 Å². The highest BCUT2D eigenvalue weighted by molar-refractivity contribution is 7.90. The molecule has 0 atom stereocenters. The Bertz CT molecular complexity index is 1720. The zero-order chi connectivity index (χ0) is 31.6. The zero-order valence-electron chi connectivity index (χ0n) is 21.4. The molecule has 0 aliphatic rings. The number of halogens is 7. The van der Waals surface area contributed by atoms with E-state index in [4.69, 9.17) is 10.5 Å². The first-order chi connectivity index (χ1) is 20.0. The molecule has 4 rings (SSSR count). The second-order valence-electron chi connectivity index (χ2n) is 8.98. The van der Waals surface area contributed by atoms with Gasteiger partial charge in [0.05, 0.1) is 23.8 Å². The monoisotopic (exact) mass is 632 g/mol. The van der Waals surface area contributed by atoms with Gasteiger partial charge in [-0.15, -0.1) is 0 Å². The lowest BCUT2D eigenvalue weighted by atomic mass is 10.0. The van der Waals surface area contributed by atoms with Crippen LogP contribution in [-0.4, -0.2) is 46.4 Å². The first-order valence-corrected chi connectivity index (χ1v) is 13.6. The maximum absolute atomic E-state index is 13.3. The first kappa shape index (κ1) is 31.2. The van der Waals surface area contributed by atoms with Crippen molar-refractivity contribution in [3.8, 4) is 17.0 Å². The molecule has 10 nitrogen and oxygen atoms in total. The molecule has 2 aromatic heterocycles. The topological polar surface area (TPSA) is 153 Å². The molecule has 43 heavy (non-hydrogen) atoms. The number of rotatable bonds is 10. The van der Waals surface area contributed by atoms with Crippen molar-refractivity contribution >= 4 is 27.4 Å². The molecule has 2 aromatic carbocycles. The average Bonchev–Trinajstić information content (AvgIpc) is 3.31. The Morgan fingerprint density at radius 3 is 2.28 bits per heavy atom. The standard InChI is InChI=1S/C25H19F7N6O4S/c26-16-5-1-13(2-6-16)10-42-17-7-14(3-4-15(17)11-43(40,41)12-24(27,28)29)21-20(22(33)39)23(38-37-21)36-19-9-34-18(8-35-19)25(30,31)32/h1-9H,10-12H2,(H2,33,39)(H2,35,36,37,38). The van der Waals surface area contributed by atoms with Gasteiger partial charge in [0.2, 0.25) is 0 Å². The minimum atomic E-state index is -4.99. The van der Waals surface area contributed by atoms with Gasteiger partial charge in [0.25, 0.3) is 5.91 Å². The van der Waals surface area contributed by atoms with E-state index in [0.717, 1.165) is 18.3 Å². The van der Waals surface area contributed by atoms with Gasteiger partial charge in [-0.2, -0.15) is 31.4 Å². The molecule has 1 amide bonds. The Morgan fingerprint density at radius 1 is 1.00 bits per heavy atom. The SMILES string of the molecule is NC(=O)c1c(Nc2cnc(C(F)(F)F)cn2)n[nH]c1-c1ccc(CS(=O)(=O)CC(F)(F)F)c(OCc2ccc(F)cc2)c1. The summed E-state index contributed by atoms with van der Waals surface area (Å²) in [5.74, 6) is -5.35. The van der Waals surface area contributed by atoms with Crippen molar-refractivity contribution in [2.24, 2.45) is 5.73 Å². The maximum atomic E-state index is 13.3. The summed E-state index contributed by atoms with van der Waals surface area (Å²) in [7, 11) is -4.69. The number of hydrogen-bond acceptors (Lipinski definition) is 8. The van der Waals surface area contributed by atoms with E-state index in [9.17, 15) is 43.9 Å². The highest BCUT2D eigenvalue weighted by atomic mass is 32.2. The molecule has 0 aliphatic heterocycles. The fourth-order valence-corrected chi connectivity index (χ4v) is 5.10. The third-order valence-corrected chi connectivity index (χ3v) is 7.14. The smallest absolute Gasteiger partial charge is 0.434 e. The number of aromatic amines is 1. The minimum Gasteiger partial charge on any atom is -0.489 e. The van der Waals surface area contributed by atoms with Crippen molar-refractivity contribution in [3.63, 3.8) is 0 Å². The lowest BCUT2D eigenvalue weighted by Gasteiger charge is -2.15. The molecule has 0 radical (unpaired) electrons. The fourth-order valence-electron chi connectivity index (χ4n) is 3.78. The van der Waals surface area contributed by atoms with Crippen LogP contribution >= 0.6 is 0 Å². The number of nitrogens with one attached hydrogen (secondary N) is 2. The largest absolute Gasteiger partial charge is 0.489 e. The number of amides is 1. The number of aromatic nitrogens is 4. The van der Waals surface area contributed by atoms with Crippen LogP contribution in [0.1, 0.15) is 27.2 Å². The van der Waals surface area contributed by atoms with Crippen molar-refractivity contribution in [2.45, 2.75) is 24.7 Å². The summed E-state index contributed by atoms with van der Waals surface area (Å²) in [6, 6.07) is 8.70. The third-order valence-electron chi connectivity index (χ3n) is 5.62. The van der Waals surface area contributed by atoms with Crippen LogP contribution in [0.4, 0.5) is 42.4 Å². The van der Waals surface area contributed by atoms with Gasteiger partial charge in [-0.3, -0.25) is 9.89 Å². The van der Waals surface area contributed by atoms with Gasteiger partial charge in [0.1, 0.15) is 35.3 Å². The number of ether oxygens (including phenoxy) is 1. The molecular weight excluding hydrogens is 613 g/mol. The summed E-state index contributed by atoms with van der Waals surface area (Å²) in [5.41, 5.74) is 4.34. The Labute approximate surface area is 238 Å². The van der Waals surface area contributed by atoms with E-state index < -0.39 is 51.1 Å². The van der Waals surface area contributed by atoms with Gasteiger partial charge in [0.15, 0.2) is 21.3 Å². The van der Waals surface area contributed by atoms with Crippen molar-refractivity contribution < 1.29 is 48.7 Å². The Balaban J connectivity index is 1.69. The Hall–Kier alpha value is -4.74. The number of sulfone groups is 1. The van der Waals surface area contributed by atoms with E-state index in [0.29, 0.717) is 11.8 Å². The lowest BCUT2D eigenvalue weighted by Crippen LogP contribution is -2.24. The van der Waals surface area contributed by atoms with Gasteiger partial charge >= 0.3 is 12.4 Å². The maximum Gasteiger partial charge on any atom is 0.434 e. The van der Waals surface area contributed by atoms with E-state index in [1.807, 2.05) is 0 Å². The van der Waals surface area contributed by atoms with Crippen molar-refractivity contribution in [1.29, 1.82) is 0 Å². The van der Waals surface area contributed by atoms with Crippen LogP contribution in [0.15, 0.2) is 54.9 Å². The van der Waals surface area contributed by atoms with Crippen LogP contribution in [0, 0.1) is 5.82 Å². The molecule has 2 heterocycles. The van der Waals surface area contributed by atoms with Gasteiger partial charge < -0.3 is 15.8 Å². The normalized spacial score (nSPS) is 12.3. The molecule has 18 heteroatoms. The number of alkyl halides is 6. The number of anilines is 2. The van der Waals surface area contributed by atoms with Crippen LogP contribution in [0.2, 0.25) is 0 Å². The molecule has 0 spiro atoms. The van der Waals surface area contributed by atoms with Gasteiger partial charge in [-0.05, 0) is 23.8 Å². The molecule has 0 aliphatic carbocycles. The number of primary amides is 1. The van der Waals surface area contributed by atoms with E-state index in [2.05, 4.69) is 25.5 Å². The molecule has 228 valence electrons. The molecule has 0 fully saturated rings. The van der Waals surface area contributed by atoms with Crippen molar-refractivity contribution in [3.05, 3.63) is 83.1 Å². The summed E-state index contributed by atoms with van der Waals surface area (Å²) >= 11 is 0. The highest BCUT2D eigenvalue weighted by Crippen LogP contribution is 2.34. The molecule has 0 unspecified atom stereocenters. The molecule has 0 bridgehead atoms. The van der Waals surface area contributed by atoms with Crippen LogP contribution in [0.5, 0.6) is 5.75 Å². The van der Waals surface area contributed by atoms with Crippen molar-refractivity contribution in [1.82, 2.24) is 20.2 Å². The predicted molar refractivity (Wildman–Crippen MR) is 137 cm³/mol. The summed E-state index contributed by atoms with van der Waals surface area (Å²) in [6.45, 7) is -0.235. The Kier molecular flexibility index (Phi) is 8.61. The average molecular weight is 633 g/mol. The highest BCUT2D eigenvalue weighted by Gasteiger charge is 2.36. The molecule has 4 aromatic rings. The van der Waals surface area contributed by atoms with Gasteiger partial charge in [-0.25, -0.2) is 22.8 Å². The summed E-state index contributed by atoms with van der Waals surface area (Å²) < 4.78 is 120. The summed E-state index contributed by atoms with van der Waals surface area (Å²) in [5, 5.41) is 8.96. The number of H-pyrrole nitrogens is 1. The number of carbonyl (C=O) groups is 1. The third kappa shape index (κ3) is 8.18. The van der Waals surface area contributed by atoms with E-state index in [1.54, 1.807) is 0 Å². The number of carbonyl (C=O) groups excluding carboxylic acids is 1. The predicted octanol–water partition coefficient (Wildman–Crippen LogP) is 4.92. The van der Waals surface area contributed by atoms with Crippen LogP contribution in [-0.2, 0) is 28.4 Å². The van der Waals surface area contributed by atoms with E-state index in [1.165, 1.54) is 30.3 Å². The molecule has 0 saturated heterocycles. The van der Waals surface area contributed by atoms with Crippen LogP contribution in [0.3, 0.4) is 0 Å². The number of nitrogens with zero attached hydrogens (tertiary/aromatic N) is 3. The molecular formula is C25H19F7N6O4S. The summed E-state index contributed by atoms with van der Waals surface area (Å²) in [4.78, 5) is 19.2. The fraction of sp³-hybridized carbons (Fsp3) is 0.200. The number of hydrogen-bond donors (Lipinski definition) is 3. The van der Waals surface area contributed by atoms with Crippen LogP contribution < -0.4 is 15.8 Å². The minimum absolute atomic E-state index is 0.0498. The van der Waals surface area contributed by atoms with E-state index in [-0.39, 0.29) is 46.4 Å². The van der Waals surface area contributed by atoms with Crippen molar-refractivity contribution in [2.75, 3.05) is 11.1 Å². The molecule has 0 saturated carbocycles. The second-order valence-corrected chi connectivity index (χ2v) is 11.0. The Morgan fingerprint density at radius 2 is 1.70 bits per heavy atom. The number of nitrogens with two attached hydrogens (primary N) is 1. The number of benzene rings is 2. The first-order valence-electron chi connectivity index (χ1n) is 11.8. The summed E-state index contributed by atoms with van der Waals surface area (Å²) in [6.07, 6.45) is -8.52. The quantitative estimate of drug-likeness (QED) is 0.208. The lowest BCUT2D eigenvalue weighted by molar-refractivity contribution is -0.141. The zero-order valence-corrected chi connectivity index (χ0v) is 22.2. The second kappa shape index (κ2) is 11.9.